The zero-order valence-corrected chi connectivity index (χ0v) is 5.46. The number of hydrogen-bond acceptors (Lipinski definition) is 3. The molecule has 0 atom stereocenters. The summed E-state index contributed by atoms with van der Waals surface area (Å²) in [6.45, 7) is 3.22. The quantitative estimate of drug-likeness (QED) is 0.538. The highest BCUT2D eigenvalue weighted by atomic mass is 32.1. The molecule has 0 amide bonds. The van der Waals surface area contributed by atoms with E-state index in [4.69, 9.17) is 0 Å². The summed E-state index contributed by atoms with van der Waals surface area (Å²) < 4.78 is 4.21. The molecule has 0 rings (SSSR count). The molecule has 0 aliphatic rings. The van der Waals surface area contributed by atoms with Crippen LogP contribution in [0.3, 0.4) is 0 Å². The highest BCUT2D eigenvalue weighted by molar-refractivity contribution is 7.80. The van der Waals surface area contributed by atoms with Crippen molar-refractivity contribution in [3.8, 4) is 0 Å². The van der Waals surface area contributed by atoms with Crippen molar-refractivity contribution >= 4 is 23.7 Å². The van der Waals surface area contributed by atoms with E-state index in [-0.39, 0.29) is 0 Å². The number of rotatable bonds is 3. The lowest BCUT2D eigenvalue weighted by molar-refractivity contribution is 0.436. The van der Waals surface area contributed by atoms with E-state index in [1.54, 1.807) is 0 Å². The Balaban J connectivity index is 3.18. The number of carbonyl (C=O) groups excluding carboxylic acids is 1. The molecule has 0 aliphatic heterocycles. The molecule has 0 unspecified atom stereocenters. The summed E-state index contributed by atoms with van der Waals surface area (Å²) in [6.07, 6.45) is 1.56. The van der Waals surface area contributed by atoms with Gasteiger partial charge in [0, 0.05) is 6.42 Å². The molecule has 8 heavy (non-hydrogen) atoms. The average Bonchev–Trinajstić information content (AvgIpc) is 1.68. The molecule has 1 radical (unpaired) electrons. The molecule has 0 spiro atoms. The minimum atomic E-state index is 0.322. The van der Waals surface area contributed by atoms with E-state index in [1.165, 1.54) is 6.47 Å². The van der Waals surface area contributed by atoms with Gasteiger partial charge in [-0.25, -0.2) is 4.79 Å². The molecule has 0 N–H and O–H groups in total. The van der Waals surface area contributed by atoms with Gasteiger partial charge >= 0.3 is 6.47 Å². The highest BCUT2D eigenvalue weighted by Crippen LogP contribution is 1.90. The van der Waals surface area contributed by atoms with Crippen LogP contribution >= 0.6 is 12.2 Å². The van der Waals surface area contributed by atoms with Crippen LogP contribution in [0.4, 0.5) is 0 Å². The zero-order valence-electron chi connectivity index (χ0n) is 4.64. The van der Waals surface area contributed by atoms with Crippen LogP contribution in [0.5, 0.6) is 0 Å². The van der Waals surface area contributed by atoms with Gasteiger partial charge in [0.15, 0.2) is 5.05 Å². The van der Waals surface area contributed by atoms with E-state index in [0.29, 0.717) is 11.5 Å². The Morgan fingerprint density at radius 1 is 1.88 bits per heavy atom. The van der Waals surface area contributed by atoms with Crippen LogP contribution in [0.1, 0.15) is 19.8 Å². The fourth-order valence-electron chi connectivity index (χ4n) is 0.302. The summed E-state index contributed by atoms with van der Waals surface area (Å²) in [4.78, 5) is 9.46. The third kappa shape index (κ3) is 3.74. The Hall–Kier alpha value is -0.440. The van der Waals surface area contributed by atoms with Gasteiger partial charge in [0.25, 0.3) is 0 Å². The van der Waals surface area contributed by atoms with Crippen molar-refractivity contribution in [2.24, 2.45) is 0 Å². The van der Waals surface area contributed by atoms with Crippen molar-refractivity contribution in [2.45, 2.75) is 19.8 Å². The topological polar surface area (TPSA) is 26.3 Å². The van der Waals surface area contributed by atoms with Crippen molar-refractivity contribution in [3.63, 3.8) is 0 Å². The maximum atomic E-state index is 9.46. The molecule has 0 aromatic heterocycles. The van der Waals surface area contributed by atoms with Gasteiger partial charge in [-0.15, -0.1) is 0 Å². The van der Waals surface area contributed by atoms with Crippen molar-refractivity contribution < 1.29 is 9.53 Å². The molecule has 0 aromatic rings. The van der Waals surface area contributed by atoms with Crippen LogP contribution in [0.15, 0.2) is 0 Å². The Morgan fingerprint density at radius 2 is 2.50 bits per heavy atom. The van der Waals surface area contributed by atoms with E-state index in [9.17, 15) is 4.79 Å². The molecular weight excluding hydrogens is 124 g/mol. The molecular formula is C5H7O2S. The van der Waals surface area contributed by atoms with Gasteiger partial charge in [-0.2, -0.15) is 0 Å². The van der Waals surface area contributed by atoms with Gasteiger partial charge in [0.1, 0.15) is 0 Å². The van der Waals surface area contributed by atoms with Crippen LogP contribution in [-0.4, -0.2) is 11.5 Å². The smallest absolute Gasteiger partial charge is 0.411 e. The SMILES string of the molecule is CCCC(=S)O[C]=O. The van der Waals surface area contributed by atoms with Gasteiger partial charge in [-0.05, 0) is 18.6 Å². The van der Waals surface area contributed by atoms with E-state index in [2.05, 4.69) is 17.0 Å². The van der Waals surface area contributed by atoms with Gasteiger partial charge in [0.05, 0.1) is 0 Å². The zero-order chi connectivity index (χ0) is 6.41. The maximum absolute atomic E-state index is 9.46. The second-order valence-corrected chi connectivity index (χ2v) is 1.76. The normalized spacial score (nSPS) is 8.12. The molecule has 0 saturated carbocycles. The minimum Gasteiger partial charge on any atom is -0.411 e. The van der Waals surface area contributed by atoms with E-state index >= 15 is 0 Å². The molecule has 0 aromatic carbocycles. The first-order valence-electron chi connectivity index (χ1n) is 2.38. The lowest BCUT2D eigenvalue weighted by Gasteiger charge is -1.92. The van der Waals surface area contributed by atoms with Gasteiger partial charge < -0.3 is 4.74 Å². The van der Waals surface area contributed by atoms with Crippen molar-refractivity contribution in [2.75, 3.05) is 0 Å². The fourth-order valence-corrected chi connectivity index (χ4v) is 0.540. The summed E-state index contributed by atoms with van der Waals surface area (Å²) in [6, 6.07) is 0. The van der Waals surface area contributed by atoms with E-state index < -0.39 is 0 Å². The summed E-state index contributed by atoms with van der Waals surface area (Å²) in [7, 11) is 0. The summed E-state index contributed by atoms with van der Waals surface area (Å²) >= 11 is 4.57. The van der Waals surface area contributed by atoms with Gasteiger partial charge in [-0.1, -0.05) is 6.92 Å². The summed E-state index contributed by atoms with van der Waals surface area (Å²) in [5.41, 5.74) is 0. The number of thiocarbonyl (C=S) groups is 1. The summed E-state index contributed by atoms with van der Waals surface area (Å²) in [5.74, 6) is 0. The largest absolute Gasteiger partial charge is 0.423 e. The molecule has 0 aliphatic carbocycles. The van der Waals surface area contributed by atoms with Crippen LogP contribution in [0.25, 0.3) is 0 Å². The second kappa shape index (κ2) is 4.71. The van der Waals surface area contributed by atoms with Crippen LogP contribution in [0, 0.1) is 0 Å². The monoisotopic (exact) mass is 131 g/mol. The molecule has 0 fully saturated rings. The van der Waals surface area contributed by atoms with Crippen molar-refractivity contribution in [1.29, 1.82) is 0 Å². The molecule has 0 saturated heterocycles. The highest BCUT2D eigenvalue weighted by Gasteiger charge is 1.91. The standard InChI is InChI=1S/C5H7O2S/c1-2-3-5(8)7-4-6/h2-3H2,1H3. The lowest BCUT2D eigenvalue weighted by atomic mass is 10.4. The van der Waals surface area contributed by atoms with Gasteiger partial charge in [0.2, 0.25) is 0 Å². The molecule has 0 heterocycles. The third-order valence-corrected chi connectivity index (χ3v) is 0.897. The van der Waals surface area contributed by atoms with Crippen molar-refractivity contribution in [3.05, 3.63) is 0 Å². The first-order valence-corrected chi connectivity index (χ1v) is 2.79. The predicted octanol–water partition coefficient (Wildman–Crippen LogP) is 1.20. The number of hydrogen-bond donors (Lipinski definition) is 0. The van der Waals surface area contributed by atoms with Crippen LogP contribution in [0.2, 0.25) is 0 Å². The maximum Gasteiger partial charge on any atom is 0.423 e. The van der Waals surface area contributed by atoms with Crippen LogP contribution in [-0.2, 0) is 9.53 Å². The average molecular weight is 131 g/mol. The molecule has 3 heteroatoms. The first-order chi connectivity index (χ1) is 3.81. The fraction of sp³-hybridized carbons (Fsp3) is 0.600. The third-order valence-electron chi connectivity index (χ3n) is 0.610. The summed E-state index contributed by atoms with van der Waals surface area (Å²) in [5, 5.41) is 0.322. The Kier molecular flexibility index (Phi) is 4.45. The predicted molar refractivity (Wildman–Crippen MR) is 34.3 cm³/mol. The molecule has 45 valence electrons. The lowest BCUT2D eigenvalue weighted by Crippen LogP contribution is -1.97. The van der Waals surface area contributed by atoms with E-state index in [1.807, 2.05) is 6.92 Å². The number of ether oxygens (including phenoxy) is 1. The van der Waals surface area contributed by atoms with Crippen LogP contribution < -0.4 is 0 Å². The first kappa shape index (κ1) is 7.56. The molecule has 2 nitrogen and oxygen atoms in total. The Bertz CT molecular complexity index is 90.4. The Labute approximate surface area is 53.8 Å². The second-order valence-electron chi connectivity index (χ2n) is 1.31. The van der Waals surface area contributed by atoms with Gasteiger partial charge in [-0.3, -0.25) is 0 Å². The Morgan fingerprint density at radius 3 is 2.88 bits per heavy atom. The minimum absolute atomic E-state index is 0.322. The molecule has 0 bridgehead atoms. The van der Waals surface area contributed by atoms with Crippen molar-refractivity contribution in [1.82, 2.24) is 0 Å². The van der Waals surface area contributed by atoms with E-state index in [0.717, 1.165) is 6.42 Å².